The minimum atomic E-state index is -0.186. The zero-order chi connectivity index (χ0) is 13.9. The third-order valence-corrected chi connectivity index (χ3v) is 3.25. The zero-order valence-corrected chi connectivity index (χ0v) is 11.3. The van der Waals surface area contributed by atoms with Crippen molar-refractivity contribution in [3.63, 3.8) is 0 Å². The number of carbonyl (C=O) groups is 1. The molecule has 1 aromatic rings. The van der Waals surface area contributed by atoms with Crippen LogP contribution in [0.15, 0.2) is 59.5 Å². The number of nitrogens with zero attached hydrogens (tertiary/aromatic N) is 3. The first-order valence-electron chi connectivity index (χ1n) is 6.62. The predicted octanol–water partition coefficient (Wildman–Crippen LogP) is 1.83. The van der Waals surface area contributed by atoms with Crippen molar-refractivity contribution in [3.05, 3.63) is 54.5 Å². The fraction of sp³-hybridized carbons (Fsp3) is 0.200. The Kier molecular flexibility index (Phi) is 3.35. The van der Waals surface area contributed by atoms with Gasteiger partial charge in [0.1, 0.15) is 0 Å². The first-order chi connectivity index (χ1) is 9.76. The third kappa shape index (κ3) is 2.48. The fourth-order valence-electron chi connectivity index (χ4n) is 2.12. The maximum Gasteiger partial charge on any atom is 0.285 e. The van der Waals surface area contributed by atoms with Crippen molar-refractivity contribution < 1.29 is 4.79 Å². The van der Waals surface area contributed by atoms with E-state index < -0.39 is 0 Å². The lowest BCUT2D eigenvalue weighted by Gasteiger charge is -2.19. The molecule has 0 atom stereocenters. The van der Waals surface area contributed by atoms with E-state index in [0.717, 1.165) is 24.7 Å². The van der Waals surface area contributed by atoms with Crippen molar-refractivity contribution in [1.82, 2.24) is 9.80 Å². The standard InChI is InChI=1S/C15H16N4O/c1-2-18-9-8-14-17-13(10-19(14)11-18)15(20)16-12-6-4-3-5-7-12/h3-10H,2,11H2,1H3,(H,16,20)/q+1. The van der Waals surface area contributed by atoms with E-state index in [2.05, 4.69) is 22.1 Å². The molecule has 5 nitrogen and oxygen atoms in total. The zero-order valence-electron chi connectivity index (χ0n) is 11.3. The molecule has 0 saturated heterocycles. The number of benzene rings is 1. The van der Waals surface area contributed by atoms with Crippen LogP contribution in [-0.2, 0) is 4.79 Å². The van der Waals surface area contributed by atoms with Crippen LogP contribution in [0.5, 0.6) is 0 Å². The van der Waals surface area contributed by atoms with Gasteiger partial charge in [0.2, 0.25) is 6.67 Å². The summed E-state index contributed by atoms with van der Waals surface area (Å²) in [7, 11) is 0. The van der Waals surface area contributed by atoms with Crippen molar-refractivity contribution >= 4 is 17.4 Å². The molecule has 0 aliphatic carbocycles. The Balaban J connectivity index is 1.72. The molecule has 20 heavy (non-hydrogen) atoms. The largest absolute Gasteiger partial charge is 0.327 e. The van der Waals surface area contributed by atoms with Gasteiger partial charge in [-0.3, -0.25) is 4.79 Å². The molecule has 0 fully saturated rings. The molecule has 3 rings (SSSR count). The molecule has 1 N–H and O–H groups in total. The summed E-state index contributed by atoms with van der Waals surface area (Å²) in [6.07, 6.45) is 5.72. The molecule has 1 amide bonds. The number of rotatable bonds is 3. The van der Waals surface area contributed by atoms with E-state index in [-0.39, 0.29) is 5.91 Å². The second-order valence-corrected chi connectivity index (χ2v) is 4.64. The molecule has 0 saturated carbocycles. The van der Waals surface area contributed by atoms with Crippen LogP contribution in [0.3, 0.4) is 0 Å². The molecule has 0 aromatic heterocycles. The van der Waals surface area contributed by atoms with E-state index in [1.807, 2.05) is 47.5 Å². The van der Waals surface area contributed by atoms with Crippen LogP contribution in [0.2, 0.25) is 0 Å². The lowest BCUT2D eigenvalue weighted by atomic mass is 10.3. The first-order valence-corrected chi connectivity index (χ1v) is 6.62. The summed E-state index contributed by atoms with van der Waals surface area (Å²) in [6, 6.07) is 9.39. The molecule has 101 valence electrons. The number of aliphatic imine (C=N–C) groups is 1. The Hall–Kier alpha value is -2.40. The maximum atomic E-state index is 12.2. The SMILES string of the molecule is CCN1C=CC2=NC(C(=O)Nc3ccccc3)=C[N+]2C1. The van der Waals surface area contributed by atoms with E-state index in [1.54, 1.807) is 6.20 Å². The smallest absolute Gasteiger partial charge is 0.285 e. The molecule has 1 radical (unpaired) electrons. The monoisotopic (exact) mass is 268 g/mol. The maximum absolute atomic E-state index is 12.2. The Morgan fingerprint density at radius 3 is 2.95 bits per heavy atom. The molecule has 2 aliphatic rings. The average molecular weight is 268 g/mol. The second kappa shape index (κ2) is 5.30. The van der Waals surface area contributed by atoms with Crippen LogP contribution < -0.4 is 10.2 Å². The van der Waals surface area contributed by atoms with Crippen molar-refractivity contribution in [1.29, 1.82) is 0 Å². The van der Waals surface area contributed by atoms with E-state index >= 15 is 0 Å². The fourth-order valence-corrected chi connectivity index (χ4v) is 2.12. The van der Waals surface area contributed by atoms with Gasteiger partial charge in [-0.1, -0.05) is 23.1 Å². The van der Waals surface area contributed by atoms with Gasteiger partial charge in [0.05, 0.1) is 0 Å². The molecule has 1 aromatic carbocycles. The van der Waals surface area contributed by atoms with E-state index in [1.165, 1.54) is 0 Å². The summed E-state index contributed by atoms with van der Waals surface area (Å²) in [5.41, 5.74) is 1.21. The predicted molar refractivity (Wildman–Crippen MR) is 79.1 cm³/mol. The van der Waals surface area contributed by atoms with Crippen LogP contribution in [0, 0.1) is 0 Å². The van der Waals surface area contributed by atoms with Gasteiger partial charge in [0.25, 0.3) is 11.7 Å². The molecular formula is C15H16N4O+. The summed E-state index contributed by atoms with van der Waals surface area (Å²) in [4.78, 5) is 20.6. The lowest BCUT2D eigenvalue weighted by Crippen LogP contribution is -2.41. The number of hydrogen-bond donors (Lipinski definition) is 1. The molecular weight excluding hydrogens is 252 g/mol. The van der Waals surface area contributed by atoms with Crippen molar-refractivity contribution in [2.75, 3.05) is 18.5 Å². The van der Waals surface area contributed by atoms with Gasteiger partial charge in [-0.05, 0) is 19.1 Å². The highest BCUT2D eigenvalue weighted by molar-refractivity contribution is 6.10. The minimum Gasteiger partial charge on any atom is -0.327 e. The van der Waals surface area contributed by atoms with Gasteiger partial charge in [0, 0.05) is 24.5 Å². The number of nitrogens with one attached hydrogen (secondary N) is 1. The normalized spacial score (nSPS) is 17.6. The molecule has 2 aliphatic heterocycles. The summed E-state index contributed by atoms with van der Waals surface area (Å²) in [5.74, 6) is 0.627. The van der Waals surface area contributed by atoms with Gasteiger partial charge in [0.15, 0.2) is 11.9 Å². The van der Waals surface area contributed by atoms with Crippen molar-refractivity contribution in [2.24, 2.45) is 4.99 Å². The van der Waals surface area contributed by atoms with Crippen molar-refractivity contribution in [2.45, 2.75) is 6.92 Å². The first kappa shape index (κ1) is 12.6. The third-order valence-electron chi connectivity index (χ3n) is 3.25. The van der Waals surface area contributed by atoms with Gasteiger partial charge in [-0.15, -0.1) is 0 Å². The number of para-hydroxylation sites is 1. The van der Waals surface area contributed by atoms with Gasteiger partial charge < -0.3 is 10.2 Å². The molecule has 0 unspecified atom stereocenters. The molecule has 0 bridgehead atoms. The van der Waals surface area contributed by atoms with Crippen LogP contribution >= 0.6 is 0 Å². The highest BCUT2D eigenvalue weighted by Crippen LogP contribution is 2.16. The Morgan fingerprint density at radius 1 is 1.40 bits per heavy atom. The Labute approximate surface area is 117 Å². The van der Waals surface area contributed by atoms with E-state index in [0.29, 0.717) is 5.70 Å². The average Bonchev–Trinajstić information content (AvgIpc) is 2.91. The van der Waals surface area contributed by atoms with Gasteiger partial charge >= 0.3 is 0 Å². The summed E-state index contributed by atoms with van der Waals surface area (Å²) in [6.45, 7) is 3.75. The summed E-state index contributed by atoms with van der Waals surface area (Å²) < 4.78 is 0. The van der Waals surface area contributed by atoms with E-state index in [4.69, 9.17) is 0 Å². The topological polar surface area (TPSA) is 50.6 Å². The van der Waals surface area contributed by atoms with Crippen LogP contribution in [0.1, 0.15) is 6.92 Å². The summed E-state index contributed by atoms with van der Waals surface area (Å²) in [5, 5.41) is 2.84. The van der Waals surface area contributed by atoms with E-state index in [9.17, 15) is 4.79 Å². The lowest BCUT2D eigenvalue weighted by molar-refractivity contribution is -0.112. The molecule has 5 heteroatoms. The highest BCUT2D eigenvalue weighted by atomic mass is 16.2. The highest BCUT2D eigenvalue weighted by Gasteiger charge is 2.34. The van der Waals surface area contributed by atoms with Crippen LogP contribution in [-0.4, -0.2) is 29.9 Å². The molecule has 0 spiro atoms. The Bertz CT molecular complexity index is 604. The van der Waals surface area contributed by atoms with Gasteiger partial charge in [-0.25, -0.2) is 0 Å². The van der Waals surface area contributed by atoms with Gasteiger partial charge in [-0.2, -0.15) is 4.99 Å². The number of anilines is 1. The number of fused-ring (bicyclic) bond motifs is 1. The number of amides is 1. The number of carbonyl (C=O) groups excluding carboxylic acids is 1. The Morgan fingerprint density at radius 2 is 2.20 bits per heavy atom. The number of hydrogen-bond acceptors (Lipinski definition) is 4. The quantitative estimate of drug-likeness (QED) is 0.850. The molecule has 2 heterocycles. The van der Waals surface area contributed by atoms with Crippen molar-refractivity contribution in [3.8, 4) is 0 Å². The minimum absolute atomic E-state index is 0.186. The summed E-state index contributed by atoms with van der Waals surface area (Å²) >= 11 is 0. The van der Waals surface area contributed by atoms with Crippen LogP contribution in [0.4, 0.5) is 5.69 Å². The number of amidine groups is 1. The van der Waals surface area contributed by atoms with Crippen LogP contribution in [0.25, 0.3) is 0 Å². The second-order valence-electron chi connectivity index (χ2n) is 4.64.